The Balaban J connectivity index is 2.02. The van der Waals surface area contributed by atoms with E-state index in [1.54, 1.807) is 0 Å². The molecule has 0 bridgehead atoms. The maximum Gasteiger partial charge on any atom is 0.434 e. The zero-order valence-electron chi connectivity index (χ0n) is 14.0. The fourth-order valence-corrected chi connectivity index (χ4v) is 2.76. The lowest BCUT2D eigenvalue weighted by molar-refractivity contribution is -0.145. The van der Waals surface area contributed by atoms with E-state index in [1.807, 2.05) is 0 Å². The molecule has 0 aromatic carbocycles. The summed E-state index contributed by atoms with van der Waals surface area (Å²) in [5, 5.41) is 8.94. The third-order valence-corrected chi connectivity index (χ3v) is 4.22. The fraction of sp³-hybridized carbons (Fsp3) is 0.500. The number of aromatic nitrogens is 1. The SMILES string of the molecule is CN(CC(=O)N1CCC(C(=O)O)CC1)C(=O)c1cccnc1C(F)(F)F. The summed E-state index contributed by atoms with van der Waals surface area (Å²) < 4.78 is 38.9. The number of likely N-dealkylation sites (tertiary alicyclic amines) is 1. The van der Waals surface area contributed by atoms with E-state index in [-0.39, 0.29) is 13.1 Å². The van der Waals surface area contributed by atoms with Gasteiger partial charge in [-0.2, -0.15) is 13.2 Å². The second-order valence-electron chi connectivity index (χ2n) is 6.05. The van der Waals surface area contributed by atoms with Crippen LogP contribution in [0.15, 0.2) is 18.3 Å². The van der Waals surface area contributed by atoms with Crippen molar-refractivity contribution in [3.8, 4) is 0 Å². The minimum absolute atomic E-state index is 0.235. The van der Waals surface area contributed by atoms with Gasteiger partial charge in [-0.1, -0.05) is 0 Å². The van der Waals surface area contributed by atoms with Gasteiger partial charge in [-0.25, -0.2) is 0 Å². The molecule has 2 amide bonds. The second-order valence-corrected chi connectivity index (χ2v) is 6.05. The van der Waals surface area contributed by atoms with Crippen LogP contribution in [-0.4, -0.2) is 64.4 Å². The largest absolute Gasteiger partial charge is 0.481 e. The van der Waals surface area contributed by atoms with Gasteiger partial charge < -0.3 is 14.9 Å². The van der Waals surface area contributed by atoms with Crippen molar-refractivity contribution in [1.29, 1.82) is 0 Å². The summed E-state index contributed by atoms with van der Waals surface area (Å²) >= 11 is 0. The van der Waals surface area contributed by atoms with Gasteiger partial charge in [0.25, 0.3) is 5.91 Å². The molecule has 2 heterocycles. The number of halogens is 3. The van der Waals surface area contributed by atoms with Gasteiger partial charge in [-0.15, -0.1) is 0 Å². The summed E-state index contributed by atoms with van der Waals surface area (Å²) in [6.45, 7) is 0.0693. The number of alkyl halides is 3. The molecule has 10 heteroatoms. The Morgan fingerprint density at radius 3 is 2.46 bits per heavy atom. The van der Waals surface area contributed by atoms with E-state index >= 15 is 0 Å². The van der Waals surface area contributed by atoms with E-state index in [0.717, 1.165) is 17.2 Å². The van der Waals surface area contributed by atoms with Crippen molar-refractivity contribution in [2.45, 2.75) is 19.0 Å². The molecule has 0 atom stereocenters. The molecule has 1 aromatic heterocycles. The van der Waals surface area contributed by atoms with E-state index in [1.165, 1.54) is 18.0 Å². The lowest BCUT2D eigenvalue weighted by atomic mass is 9.97. The normalized spacial score (nSPS) is 15.6. The molecule has 0 aliphatic carbocycles. The Morgan fingerprint density at radius 2 is 1.92 bits per heavy atom. The van der Waals surface area contributed by atoms with Crippen LogP contribution in [0.4, 0.5) is 13.2 Å². The molecule has 26 heavy (non-hydrogen) atoms. The second kappa shape index (κ2) is 7.71. The average molecular weight is 373 g/mol. The quantitative estimate of drug-likeness (QED) is 0.864. The highest BCUT2D eigenvalue weighted by Crippen LogP contribution is 2.30. The number of pyridine rings is 1. The number of aliphatic carboxylic acids is 1. The molecule has 1 N–H and O–H groups in total. The molecule has 7 nitrogen and oxygen atoms in total. The van der Waals surface area contributed by atoms with Gasteiger partial charge in [-0.3, -0.25) is 19.4 Å². The number of amides is 2. The molecule has 1 saturated heterocycles. The first-order valence-corrected chi connectivity index (χ1v) is 7.89. The Morgan fingerprint density at radius 1 is 1.31 bits per heavy atom. The van der Waals surface area contributed by atoms with Crippen LogP contribution in [0.25, 0.3) is 0 Å². The van der Waals surface area contributed by atoms with Gasteiger partial charge in [-0.05, 0) is 25.0 Å². The molecular formula is C16H18F3N3O4. The number of likely N-dealkylation sites (N-methyl/N-ethyl adjacent to an activating group) is 1. The van der Waals surface area contributed by atoms with E-state index in [2.05, 4.69) is 4.98 Å². The number of carboxylic acids is 1. The lowest BCUT2D eigenvalue weighted by Gasteiger charge is -2.31. The van der Waals surface area contributed by atoms with Crippen molar-refractivity contribution in [3.63, 3.8) is 0 Å². The predicted molar refractivity (Wildman–Crippen MR) is 83.1 cm³/mol. The highest BCUT2D eigenvalue weighted by Gasteiger charge is 2.38. The van der Waals surface area contributed by atoms with Gasteiger partial charge in [0.15, 0.2) is 5.69 Å². The van der Waals surface area contributed by atoms with Crippen molar-refractivity contribution in [3.05, 3.63) is 29.6 Å². The molecule has 1 aliphatic heterocycles. The van der Waals surface area contributed by atoms with Crippen LogP contribution < -0.4 is 0 Å². The lowest BCUT2D eigenvalue weighted by Crippen LogP contribution is -2.45. The third-order valence-electron chi connectivity index (χ3n) is 4.22. The number of carbonyl (C=O) groups is 3. The first-order valence-electron chi connectivity index (χ1n) is 7.89. The molecule has 0 unspecified atom stereocenters. The van der Waals surface area contributed by atoms with E-state index in [4.69, 9.17) is 5.11 Å². The van der Waals surface area contributed by atoms with Crippen LogP contribution in [0.3, 0.4) is 0 Å². The van der Waals surface area contributed by atoms with E-state index in [0.29, 0.717) is 12.8 Å². The minimum Gasteiger partial charge on any atom is -0.481 e. The number of hydrogen-bond acceptors (Lipinski definition) is 4. The van der Waals surface area contributed by atoms with Gasteiger partial charge in [0.05, 0.1) is 18.0 Å². The van der Waals surface area contributed by atoms with E-state index < -0.39 is 47.7 Å². The Bertz CT molecular complexity index is 700. The van der Waals surface area contributed by atoms with Crippen LogP contribution in [0, 0.1) is 5.92 Å². The van der Waals surface area contributed by atoms with Crippen LogP contribution in [-0.2, 0) is 15.8 Å². The molecule has 142 valence electrons. The summed E-state index contributed by atoms with van der Waals surface area (Å²) in [5.74, 6) is -2.83. The Hall–Kier alpha value is -2.65. The fourth-order valence-electron chi connectivity index (χ4n) is 2.76. The number of hydrogen-bond donors (Lipinski definition) is 1. The molecular weight excluding hydrogens is 355 g/mol. The zero-order valence-corrected chi connectivity index (χ0v) is 14.0. The van der Waals surface area contributed by atoms with Crippen molar-refractivity contribution in [2.75, 3.05) is 26.7 Å². The number of piperidine rings is 1. The van der Waals surface area contributed by atoms with Crippen molar-refractivity contribution in [2.24, 2.45) is 5.92 Å². The summed E-state index contributed by atoms with van der Waals surface area (Å²) in [6, 6.07) is 2.23. The number of nitrogens with zero attached hydrogens (tertiary/aromatic N) is 3. The zero-order chi connectivity index (χ0) is 19.5. The maximum absolute atomic E-state index is 13.0. The van der Waals surface area contributed by atoms with Crippen LogP contribution in [0.1, 0.15) is 28.9 Å². The number of rotatable bonds is 4. The molecule has 1 aromatic rings. The minimum atomic E-state index is -4.78. The Kier molecular flexibility index (Phi) is 5.83. The molecule has 1 fully saturated rings. The highest BCUT2D eigenvalue weighted by atomic mass is 19.4. The smallest absolute Gasteiger partial charge is 0.434 e. The van der Waals surface area contributed by atoms with Crippen LogP contribution in [0.5, 0.6) is 0 Å². The average Bonchev–Trinajstić information content (AvgIpc) is 2.60. The predicted octanol–water partition coefficient (Wildman–Crippen LogP) is 1.50. The summed E-state index contributed by atoms with van der Waals surface area (Å²) in [4.78, 5) is 41.0. The topological polar surface area (TPSA) is 90.8 Å². The van der Waals surface area contributed by atoms with Crippen molar-refractivity contribution >= 4 is 17.8 Å². The van der Waals surface area contributed by atoms with Gasteiger partial charge in [0.1, 0.15) is 0 Å². The van der Waals surface area contributed by atoms with Crippen LogP contribution in [0.2, 0.25) is 0 Å². The van der Waals surface area contributed by atoms with Gasteiger partial charge >= 0.3 is 12.1 Å². The first kappa shape index (κ1) is 19.7. The molecule has 2 rings (SSSR count). The highest BCUT2D eigenvalue weighted by molar-refractivity contribution is 5.97. The maximum atomic E-state index is 13.0. The van der Waals surface area contributed by atoms with Gasteiger partial charge in [0.2, 0.25) is 5.91 Å². The standard InChI is InChI=1S/C16H18F3N3O4/c1-21(9-12(23)22-7-4-10(5-8-22)15(25)26)14(24)11-3-2-6-20-13(11)16(17,18)19/h2-3,6,10H,4-5,7-9H2,1H3,(H,25,26). The van der Waals surface area contributed by atoms with Crippen molar-refractivity contribution < 1.29 is 32.7 Å². The molecule has 1 aliphatic rings. The molecule has 0 saturated carbocycles. The van der Waals surface area contributed by atoms with Gasteiger partial charge in [0, 0.05) is 26.3 Å². The van der Waals surface area contributed by atoms with E-state index in [9.17, 15) is 27.6 Å². The molecule has 0 radical (unpaired) electrons. The summed E-state index contributed by atoms with van der Waals surface area (Å²) in [5.41, 5.74) is -1.92. The molecule has 0 spiro atoms. The third kappa shape index (κ3) is 4.50. The first-order chi connectivity index (χ1) is 12.1. The summed E-state index contributed by atoms with van der Waals surface area (Å²) in [7, 11) is 1.23. The van der Waals surface area contributed by atoms with Crippen LogP contribution >= 0.6 is 0 Å². The number of carbonyl (C=O) groups excluding carboxylic acids is 2. The summed E-state index contributed by atoms with van der Waals surface area (Å²) in [6.07, 6.45) is -3.23. The monoisotopic (exact) mass is 373 g/mol. The number of carboxylic acid groups (broad SMARTS) is 1. The van der Waals surface area contributed by atoms with Crippen molar-refractivity contribution in [1.82, 2.24) is 14.8 Å². The Labute approximate surface area is 147 Å².